The van der Waals surface area contributed by atoms with Crippen LogP contribution < -0.4 is 5.32 Å². The van der Waals surface area contributed by atoms with E-state index in [1.165, 1.54) is 0 Å². The molecule has 9 nitrogen and oxygen atoms in total. The maximum absolute atomic E-state index is 10.6. The minimum Gasteiger partial charge on any atom is -0.475 e. The molecule has 4 N–H and O–H groups in total. The second-order valence-electron chi connectivity index (χ2n) is 6.57. The van der Waals surface area contributed by atoms with Crippen LogP contribution in [0.15, 0.2) is 52.6 Å². The van der Waals surface area contributed by atoms with Crippen LogP contribution in [0.4, 0.5) is 32.0 Å². The summed E-state index contributed by atoms with van der Waals surface area (Å²) in [7, 11) is 0. The summed E-state index contributed by atoms with van der Waals surface area (Å²) in [5, 5.41) is 20.7. The fourth-order valence-electron chi connectivity index (χ4n) is 2.27. The summed E-state index contributed by atoms with van der Waals surface area (Å²) >= 11 is 5.06. The number of hydrogen-bond donors (Lipinski definition) is 4. The molecule has 3 heterocycles. The van der Waals surface area contributed by atoms with E-state index in [4.69, 9.17) is 19.8 Å². The molecule has 0 saturated carbocycles. The van der Waals surface area contributed by atoms with Crippen LogP contribution >= 0.6 is 27.3 Å². The van der Waals surface area contributed by atoms with Crippen molar-refractivity contribution in [1.29, 1.82) is 0 Å². The van der Waals surface area contributed by atoms with Crippen LogP contribution in [0.25, 0.3) is 22.6 Å². The van der Waals surface area contributed by atoms with Gasteiger partial charge in [0.2, 0.25) is 0 Å². The highest BCUT2D eigenvalue weighted by Gasteiger charge is 2.38. The molecule has 0 amide bonds. The summed E-state index contributed by atoms with van der Waals surface area (Å²) < 4.78 is 64.4. The van der Waals surface area contributed by atoms with Gasteiger partial charge in [-0.3, -0.25) is 0 Å². The highest BCUT2D eigenvalue weighted by Crippen LogP contribution is 2.23. The van der Waals surface area contributed by atoms with Crippen molar-refractivity contribution in [3.63, 3.8) is 0 Å². The highest BCUT2D eigenvalue weighted by atomic mass is 79.9. The maximum Gasteiger partial charge on any atom is 0.490 e. The summed E-state index contributed by atoms with van der Waals surface area (Å²) in [4.78, 5) is 34.2. The average molecular weight is 614 g/mol. The number of alkyl halides is 6. The molecular formula is C20H14BrF6N5O4S. The smallest absolute Gasteiger partial charge is 0.475 e. The van der Waals surface area contributed by atoms with E-state index in [0.717, 1.165) is 44.3 Å². The van der Waals surface area contributed by atoms with Gasteiger partial charge in [-0.25, -0.2) is 24.5 Å². The van der Waals surface area contributed by atoms with E-state index in [-0.39, 0.29) is 0 Å². The van der Waals surface area contributed by atoms with Gasteiger partial charge in [-0.05, 0) is 46.3 Å². The van der Waals surface area contributed by atoms with Crippen molar-refractivity contribution in [2.75, 3.05) is 5.32 Å². The molecule has 0 aliphatic rings. The first-order valence-electron chi connectivity index (χ1n) is 9.51. The number of aromatic amines is 1. The lowest BCUT2D eigenvalue weighted by molar-refractivity contribution is -0.193. The fraction of sp³-hybridized carbons (Fsp3) is 0.150. The van der Waals surface area contributed by atoms with E-state index < -0.39 is 24.3 Å². The number of carboxylic acids is 2. The number of H-pyrrole nitrogens is 1. The highest BCUT2D eigenvalue weighted by molar-refractivity contribution is 9.10. The molecule has 3 aromatic heterocycles. The standard InChI is InChI=1S/C16H12BrN5S.2C2HF3O2/c17-11-7-13-16(20-8-11)22-15(21-13)10-1-3-12(4-2-10)19-9-14-18-5-6-23-14;2*3-2(4,5)1(6)7/h1-8,19H,9H2,(H,20,21,22);2*(H,6,7). The van der Waals surface area contributed by atoms with Gasteiger partial charge in [0.05, 0.1) is 6.54 Å². The lowest BCUT2D eigenvalue weighted by Gasteiger charge is -2.04. The number of aliphatic carboxylic acids is 2. The Bertz CT molecular complexity index is 1300. The second-order valence-corrected chi connectivity index (χ2v) is 8.46. The molecular weight excluding hydrogens is 600 g/mol. The molecule has 4 rings (SSSR count). The normalized spacial score (nSPS) is 11.1. The Morgan fingerprint density at radius 1 is 1.00 bits per heavy atom. The predicted octanol–water partition coefficient (Wildman–Crippen LogP) is 5.72. The third-order valence-electron chi connectivity index (χ3n) is 3.87. The molecule has 0 unspecified atom stereocenters. The number of carbonyl (C=O) groups is 2. The number of nitrogens with one attached hydrogen (secondary N) is 2. The zero-order chi connectivity index (χ0) is 27.8. The Balaban J connectivity index is 0.000000286. The van der Waals surface area contributed by atoms with Crippen LogP contribution in [-0.4, -0.2) is 54.4 Å². The Morgan fingerprint density at radius 3 is 2.05 bits per heavy atom. The van der Waals surface area contributed by atoms with Crippen LogP contribution in [0.2, 0.25) is 0 Å². The molecule has 1 aromatic carbocycles. The maximum atomic E-state index is 10.6. The number of fused-ring (bicyclic) bond motifs is 1. The van der Waals surface area contributed by atoms with E-state index in [9.17, 15) is 26.3 Å². The van der Waals surface area contributed by atoms with E-state index in [1.807, 2.05) is 41.9 Å². The zero-order valence-electron chi connectivity index (χ0n) is 17.9. The van der Waals surface area contributed by atoms with Crippen molar-refractivity contribution in [2.45, 2.75) is 18.9 Å². The van der Waals surface area contributed by atoms with Crippen molar-refractivity contribution in [1.82, 2.24) is 19.9 Å². The molecule has 0 radical (unpaired) electrons. The number of imidazole rings is 1. The lowest BCUT2D eigenvalue weighted by Crippen LogP contribution is -2.21. The number of anilines is 1. The van der Waals surface area contributed by atoms with Crippen molar-refractivity contribution in [3.8, 4) is 11.4 Å². The number of carboxylic acid groups (broad SMARTS) is 2. The summed E-state index contributed by atoms with van der Waals surface area (Å²) in [5.74, 6) is -4.70. The van der Waals surface area contributed by atoms with Crippen LogP contribution in [0, 0.1) is 0 Å². The number of rotatable bonds is 4. The lowest BCUT2D eigenvalue weighted by atomic mass is 10.2. The van der Waals surface area contributed by atoms with Gasteiger partial charge in [0.15, 0.2) is 5.65 Å². The van der Waals surface area contributed by atoms with Gasteiger partial charge in [0.1, 0.15) is 16.3 Å². The van der Waals surface area contributed by atoms with Crippen LogP contribution in [-0.2, 0) is 16.1 Å². The minimum atomic E-state index is -5.08. The van der Waals surface area contributed by atoms with E-state index >= 15 is 0 Å². The van der Waals surface area contributed by atoms with E-state index in [1.54, 1.807) is 17.5 Å². The van der Waals surface area contributed by atoms with Gasteiger partial charge in [0, 0.05) is 33.5 Å². The molecule has 0 aliphatic carbocycles. The van der Waals surface area contributed by atoms with Gasteiger partial charge in [-0.15, -0.1) is 11.3 Å². The van der Waals surface area contributed by atoms with E-state index in [2.05, 4.69) is 41.2 Å². The number of benzene rings is 1. The minimum absolute atomic E-state index is 0.736. The summed E-state index contributed by atoms with van der Waals surface area (Å²) in [6, 6.07) is 10.1. The Labute approximate surface area is 215 Å². The van der Waals surface area contributed by atoms with Crippen molar-refractivity contribution in [3.05, 3.63) is 57.6 Å². The molecule has 0 spiro atoms. The van der Waals surface area contributed by atoms with Gasteiger partial charge in [0.25, 0.3) is 0 Å². The number of aromatic nitrogens is 4. The Kier molecular flexibility index (Phi) is 9.96. The molecule has 0 fully saturated rings. The number of thiazole rings is 1. The van der Waals surface area contributed by atoms with Crippen molar-refractivity contribution < 1.29 is 46.1 Å². The average Bonchev–Trinajstić information content (AvgIpc) is 3.47. The molecule has 17 heteroatoms. The Morgan fingerprint density at radius 2 is 1.57 bits per heavy atom. The monoisotopic (exact) mass is 613 g/mol. The van der Waals surface area contributed by atoms with Crippen molar-refractivity contribution in [2.24, 2.45) is 0 Å². The molecule has 0 aliphatic heterocycles. The summed E-state index contributed by atoms with van der Waals surface area (Å²) in [6.45, 7) is 0.736. The first kappa shape index (κ1) is 29.5. The number of nitrogens with zero attached hydrogens (tertiary/aromatic N) is 3. The molecule has 4 aromatic rings. The second kappa shape index (κ2) is 12.5. The first-order chi connectivity index (χ1) is 17.2. The first-order valence-corrected chi connectivity index (χ1v) is 11.2. The molecule has 0 bridgehead atoms. The van der Waals surface area contributed by atoms with Crippen LogP contribution in [0.1, 0.15) is 5.01 Å². The number of hydrogen-bond acceptors (Lipinski definition) is 7. The van der Waals surface area contributed by atoms with Gasteiger partial charge in [-0.1, -0.05) is 0 Å². The van der Waals surface area contributed by atoms with E-state index in [0.29, 0.717) is 0 Å². The van der Waals surface area contributed by atoms with Gasteiger partial charge in [-0.2, -0.15) is 26.3 Å². The number of halogens is 7. The summed E-state index contributed by atoms with van der Waals surface area (Å²) in [5.41, 5.74) is 3.72. The van der Waals surface area contributed by atoms with Crippen LogP contribution in [0.3, 0.4) is 0 Å². The molecule has 0 saturated heterocycles. The quantitative estimate of drug-likeness (QED) is 0.214. The summed E-state index contributed by atoms with van der Waals surface area (Å²) in [6.07, 6.45) is -6.59. The molecule has 198 valence electrons. The Hall–Kier alpha value is -3.73. The third kappa shape index (κ3) is 9.68. The SMILES string of the molecule is Brc1cnc2[nH]c(-c3ccc(NCc4nccs4)cc3)nc2c1.O=C(O)C(F)(F)F.O=C(O)C(F)(F)F. The number of pyridine rings is 1. The predicted molar refractivity (Wildman–Crippen MR) is 124 cm³/mol. The molecule has 37 heavy (non-hydrogen) atoms. The zero-order valence-corrected chi connectivity index (χ0v) is 20.3. The fourth-order valence-corrected chi connectivity index (χ4v) is 3.15. The van der Waals surface area contributed by atoms with Gasteiger partial charge >= 0.3 is 24.3 Å². The third-order valence-corrected chi connectivity index (χ3v) is 5.09. The van der Waals surface area contributed by atoms with Crippen LogP contribution in [0.5, 0.6) is 0 Å². The van der Waals surface area contributed by atoms with Gasteiger partial charge < -0.3 is 20.5 Å². The molecule has 0 atom stereocenters. The largest absolute Gasteiger partial charge is 0.490 e. The van der Waals surface area contributed by atoms with Crippen molar-refractivity contribution >= 4 is 56.1 Å². The topological polar surface area (TPSA) is 141 Å².